The van der Waals surface area contributed by atoms with E-state index in [0.29, 0.717) is 0 Å². The van der Waals surface area contributed by atoms with Gasteiger partial charge in [-0.15, -0.1) is 0 Å². The molecule has 1 atom stereocenters. The zero-order chi connectivity index (χ0) is 17.7. The predicted molar refractivity (Wildman–Crippen MR) is 89.5 cm³/mol. The first kappa shape index (κ1) is 18.0. The third-order valence-electron chi connectivity index (χ3n) is 3.85. The fourth-order valence-corrected chi connectivity index (χ4v) is 2.71. The van der Waals surface area contributed by atoms with Crippen molar-refractivity contribution in [2.45, 2.75) is 58.6 Å². The molecular formula is C18H24N2O4. The summed E-state index contributed by atoms with van der Waals surface area (Å²) in [5.74, 6) is -1.13. The largest absolute Gasteiger partial charge is 0.452 e. The van der Waals surface area contributed by atoms with Gasteiger partial charge in [-0.2, -0.15) is 0 Å². The van der Waals surface area contributed by atoms with Crippen LogP contribution >= 0.6 is 0 Å². The molecule has 0 heterocycles. The highest BCUT2D eigenvalue weighted by Gasteiger charge is 2.20. The Morgan fingerprint density at radius 3 is 2.54 bits per heavy atom. The highest BCUT2D eigenvalue weighted by molar-refractivity contribution is 5.97. The van der Waals surface area contributed by atoms with Crippen molar-refractivity contribution in [1.29, 1.82) is 0 Å². The summed E-state index contributed by atoms with van der Waals surface area (Å²) >= 11 is 0. The molecule has 0 saturated carbocycles. The summed E-state index contributed by atoms with van der Waals surface area (Å²) in [4.78, 5) is 35.3. The van der Waals surface area contributed by atoms with Crippen LogP contribution in [0.5, 0.6) is 0 Å². The zero-order valence-corrected chi connectivity index (χ0v) is 14.3. The van der Waals surface area contributed by atoms with Gasteiger partial charge >= 0.3 is 12.0 Å². The summed E-state index contributed by atoms with van der Waals surface area (Å²) in [7, 11) is 0. The first-order valence-corrected chi connectivity index (χ1v) is 8.26. The van der Waals surface area contributed by atoms with Crippen LogP contribution in [-0.2, 0) is 33.6 Å². The van der Waals surface area contributed by atoms with Gasteiger partial charge < -0.3 is 10.1 Å². The number of hydrogen-bond acceptors (Lipinski definition) is 4. The molecule has 0 saturated heterocycles. The number of imide groups is 1. The molecule has 1 aromatic rings. The van der Waals surface area contributed by atoms with Crippen LogP contribution in [-0.4, -0.2) is 30.1 Å². The van der Waals surface area contributed by atoms with Crippen molar-refractivity contribution in [3.05, 3.63) is 34.9 Å². The highest BCUT2D eigenvalue weighted by Crippen LogP contribution is 2.23. The molecule has 0 aliphatic heterocycles. The molecule has 0 bridgehead atoms. The van der Waals surface area contributed by atoms with Crippen LogP contribution in [0.2, 0.25) is 0 Å². The van der Waals surface area contributed by atoms with Crippen LogP contribution in [0.15, 0.2) is 18.2 Å². The molecule has 0 fully saturated rings. The lowest BCUT2D eigenvalue weighted by atomic mass is 10.0. The van der Waals surface area contributed by atoms with E-state index in [1.807, 2.05) is 12.1 Å². The van der Waals surface area contributed by atoms with Crippen molar-refractivity contribution in [3.63, 3.8) is 0 Å². The Balaban J connectivity index is 1.83. The number of amides is 3. The Kier molecular flexibility index (Phi) is 5.95. The van der Waals surface area contributed by atoms with E-state index in [2.05, 4.69) is 16.7 Å². The second-order valence-electron chi connectivity index (χ2n) is 6.38. The Bertz CT molecular complexity index is 640. The number of urea groups is 1. The van der Waals surface area contributed by atoms with Gasteiger partial charge in [-0.3, -0.25) is 14.9 Å². The summed E-state index contributed by atoms with van der Waals surface area (Å²) in [5.41, 5.74) is 3.51. The lowest BCUT2D eigenvalue weighted by molar-refractivity contribution is -0.153. The topological polar surface area (TPSA) is 84.5 Å². The van der Waals surface area contributed by atoms with E-state index in [1.165, 1.54) is 18.1 Å². The van der Waals surface area contributed by atoms with Crippen LogP contribution in [0, 0.1) is 0 Å². The summed E-state index contributed by atoms with van der Waals surface area (Å²) in [6, 6.07) is 5.32. The number of aryl methyl sites for hydroxylation is 2. The SMILES string of the molecule is CC(C)NC(=O)NC(=O)[C@H](C)OC(=O)Cc1ccc2c(c1)CCC2. The number of esters is 1. The fourth-order valence-electron chi connectivity index (χ4n) is 2.71. The zero-order valence-electron chi connectivity index (χ0n) is 14.3. The van der Waals surface area contributed by atoms with E-state index >= 15 is 0 Å². The summed E-state index contributed by atoms with van der Waals surface area (Å²) in [6.45, 7) is 5.01. The third-order valence-corrected chi connectivity index (χ3v) is 3.85. The Morgan fingerprint density at radius 1 is 1.12 bits per heavy atom. The second kappa shape index (κ2) is 7.95. The highest BCUT2D eigenvalue weighted by atomic mass is 16.5. The Labute approximate surface area is 142 Å². The standard InChI is InChI=1S/C18H24N2O4/c1-11(2)19-18(23)20-17(22)12(3)24-16(21)10-13-7-8-14-5-4-6-15(14)9-13/h7-9,11-12H,4-6,10H2,1-3H3,(H2,19,20,22,23)/t12-/m0/s1. The minimum absolute atomic E-state index is 0.0875. The van der Waals surface area contributed by atoms with Gasteiger partial charge in [0, 0.05) is 6.04 Å². The summed E-state index contributed by atoms with van der Waals surface area (Å²) in [6.07, 6.45) is 2.38. The quantitative estimate of drug-likeness (QED) is 0.806. The van der Waals surface area contributed by atoms with Gasteiger partial charge in [-0.05, 0) is 56.7 Å². The average molecular weight is 332 g/mol. The predicted octanol–water partition coefficient (Wildman–Crippen LogP) is 1.88. The number of ether oxygens (including phenoxy) is 1. The molecule has 130 valence electrons. The lowest BCUT2D eigenvalue weighted by Gasteiger charge is -2.14. The molecule has 1 aliphatic rings. The first-order chi connectivity index (χ1) is 11.3. The molecule has 6 nitrogen and oxygen atoms in total. The van der Waals surface area contributed by atoms with Crippen molar-refractivity contribution in [1.82, 2.24) is 10.6 Å². The van der Waals surface area contributed by atoms with Crippen molar-refractivity contribution < 1.29 is 19.1 Å². The van der Waals surface area contributed by atoms with Crippen LogP contribution < -0.4 is 10.6 Å². The lowest BCUT2D eigenvalue weighted by Crippen LogP contribution is -2.46. The average Bonchev–Trinajstić information content (AvgIpc) is 2.93. The van der Waals surface area contributed by atoms with Crippen LogP contribution in [0.1, 0.15) is 43.9 Å². The molecule has 0 unspecified atom stereocenters. The number of carbonyl (C=O) groups excluding carboxylic acids is 3. The van der Waals surface area contributed by atoms with E-state index in [1.54, 1.807) is 13.8 Å². The van der Waals surface area contributed by atoms with E-state index in [9.17, 15) is 14.4 Å². The third kappa shape index (κ3) is 5.08. The van der Waals surface area contributed by atoms with Crippen LogP contribution in [0.25, 0.3) is 0 Å². The molecule has 0 aromatic heterocycles. The monoisotopic (exact) mass is 332 g/mol. The molecule has 1 aromatic carbocycles. The van der Waals surface area contributed by atoms with Gasteiger partial charge in [-0.25, -0.2) is 4.79 Å². The number of rotatable bonds is 5. The van der Waals surface area contributed by atoms with Gasteiger partial charge in [0.05, 0.1) is 6.42 Å². The van der Waals surface area contributed by atoms with Crippen molar-refractivity contribution in [2.75, 3.05) is 0 Å². The van der Waals surface area contributed by atoms with Gasteiger partial charge in [0.1, 0.15) is 0 Å². The Morgan fingerprint density at radius 2 is 1.83 bits per heavy atom. The molecule has 6 heteroatoms. The normalized spacial score (nSPS) is 14.0. The van der Waals surface area contributed by atoms with Gasteiger partial charge in [0.25, 0.3) is 5.91 Å². The smallest absolute Gasteiger partial charge is 0.321 e. The van der Waals surface area contributed by atoms with Crippen molar-refractivity contribution in [2.24, 2.45) is 0 Å². The molecular weight excluding hydrogens is 308 g/mol. The van der Waals surface area contributed by atoms with E-state index in [4.69, 9.17) is 4.74 Å². The number of carbonyl (C=O) groups is 3. The van der Waals surface area contributed by atoms with E-state index < -0.39 is 24.0 Å². The molecule has 2 N–H and O–H groups in total. The number of nitrogens with one attached hydrogen (secondary N) is 2. The molecule has 0 spiro atoms. The number of hydrogen-bond donors (Lipinski definition) is 2. The van der Waals surface area contributed by atoms with Gasteiger partial charge in [0.15, 0.2) is 6.10 Å². The minimum Gasteiger partial charge on any atom is -0.452 e. The summed E-state index contributed by atoms with van der Waals surface area (Å²) < 4.78 is 5.11. The van der Waals surface area contributed by atoms with Crippen LogP contribution in [0.4, 0.5) is 4.79 Å². The summed E-state index contributed by atoms with van der Waals surface area (Å²) in [5, 5.41) is 4.68. The molecule has 0 radical (unpaired) electrons. The maximum atomic E-state index is 12.0. The minimum atomic E-state index is -1.02. The molecule has 24 heavy (non-hydrogen) atoms. The Hall–Kier alpha value is -2.37. The fraction of sp³-hybridized carbons (Fsp3) is 0.500. The van der Waals surface area contributed by atoms with Crippen LogP contribution in [0.3, 0.4) is 0 Å². The maximum Gasteiger partial charge on any atom is 0.321 e. The molecule has 1 aliphatic carbocycles. The first-order valence-electron chi connectivity index (χ1n) is 8.26. The van der Waals surface area contributed by atoms with Crippen molar-refractivity contribution in [3.8, 4) is 0 Å². The van der Waals surface area contributed by atoms with Gasteiger partial charge in [-0.1, -0.05) is 18.2 Å². The number of benzene rings is 1. The second-order valence-corrected chi connectivity index (χ2v) is 6.38. The van der Waals surface area contributed by atoms with Gasteiger partial charge in [0.2, 0.25) is 0 Å². The molecule has 2 rings (SSSR count). The van der Waals surface area contributed by atoms with E-state index in [0.717, 1.165) is 24.8 Å². The van der Waals surface area contributed by atoms with E-state index in [-0.39, 0.29) is 12.5 Å². The number of fused-ring (bicyclic) bond motifs is 1. The van der Waals surface area contributed by atoms with Crippen molar-refractivity contribution >= 4 is 17.9 Å². The maximum absolute atomic E-state index is 12.0. The molecule has 3 amide bonds.